The largest absolute Gasteiger partial charge is 0.380 e. The van der Waals surface area contributed by atoms with Crippen molar-refractivity contribution in [3.63, 3.8) is 0 Å². The highest BCUT2D eigenvalue weighted by Crippen LogP contribution is 2.42. The van der Waals surface area contributed by atoms with Crippen LogP contribution in [0.1, 0.15) is 34.2 Å². The molecule has 1 heteroatoms. The molecule has 2 aromatic rings. The highest BCUT2D eigenvalue weighted by molar-refractivity contribution is 5.48. The van der Waals surface area contributed by atoms with Crippen LogP contribution in [0.4, 0.5) is 0 Å². The molecule has 3 rings (SSSR count). The fourth-order valence-corrected chi connectivity index (χ4v) is 3.15. The van der Waals surface area contributed by atoms with Crippen molar-refractivity contribution in [3.05, 3.63) is 70.3 Å². The molecule has 1 atom stereocenters. The lowest BCUT2D eigenvalue weighted by atomic mass is 9.85. The Bertz CT molecular complexity index is 600. The number of rotatable bonds is 1. The van der Waals surface area contributed by atoms with Gasteiger partial charge in [-0.25, -0.2) is 0 Å². The summed E-state index contributed by atoms with van der Waals surface area (Å²) in [5.74, 6) is 0. The molecule has 18 heavy (non-hydrogen) atoms. The summed E-state index contributed by atoms with van der Waals surface area (Å²) in [7, 11) is 0. The molecular weight excluding hydrogens is 220 g/mol. The summed E-state index contributed by atoms with van der Waals surface area (Å²) < 4.78 is 0. The lowest BCUT2D eigenvalue weighted by molar-refractivity contribution is 0.0823. The van der Waals surface area contributed by atoms with E-state index in [1.165, 1.54) is 16.7 Å². The summed E-state index contributed by atoms with van der Waals surface area (Å²) in [4.78, 5) is 0. The molecule has 92 valence electrons. The zero-order valence-electron chi connectivity index (χ0n) is 10.9. The van der Waals surface area contributed by atoms with Crippen molar-refractivity contribution in [1.82, 2.24) is 0 Å². The highest BCUT2D eigenvalue weighted by Gasteiger charge is 2.38. The molecule has 0 aliphatic heterocycles. The predicted octanol–water partition coefficient (Wildman–Crippen LogP) is 3.49. The molecule has 0 spiro atoms. The van der Waals surface area contributed by atoms with Crippen LogP contribution in [0.15, 0.2) is 42.5 Å². The molecule has 1 nitrogen and oxygen atoms in total. The van der Waals surface area contributed by atoms with Gasteiger partial charge in [0.2, 0.25) is 0 Å². The molecule has 0 radical (unpaired) electrons. The monoisotopic (exact) mass is 238 g/mol. The summed E-state index contributed by atoms with van der Waals surface area (Å²) in [5.41, 5.74) is 5.03. The summed E-state index contributed by atoms with van der Waals surface area (Å²) in [6.07, 6.45) is 1.75. The average Bonchev–Trinajstić information content (AvgIpc) is 2.69. The van der Waals surface area contributed by atoms with Crippen molar-refractivity contribution in [1.29, 1.82) is 0 Å². The van der Waals surface area contributed by atoms with Crippen LogP contribution in [0.3, 0.4) is 0 Å². The summed E-state index contributed by atoms with van der Waals surface area (Å²) in [5, 5.41) is 11.1. The fraction of sp³-hybridized carbons (Fsp3) is 0.294. The first-order valence-corrected chi connectivity index (χ1v) is 6.50. The van der Waals surface area contributed by atoms with Gasteiger partial charge in [0.1, 0.15) is 5.60 Å². The Morgan fingerprint density at radius 1 is 1.00 bits per heavy atom. The predicted molar refractivity (Wildman–Crippen MR) is 73.7 cm³/mol. The fourth-order valence-electron chi connectivity index (χ4n) is 3.15. The molecule has 0 bridgehead atoms. The smallest absolute Gasteiger partial charge is 0.115 e. The van der Waals surface area contributed by atoms with Gasteiger partial charge in [-0.2, -0.15) is 0 Å². The Labute approximate surface area is 108 Å². The molecule has 1 unspecified atom stereocenters. The summed E-state index contributed by atoms with van der Waals surface area (Å²) in [6.45, 7) is 4.17. The van der Waals surface area contributed by atoms with E-state index in [2.05, 4.69) is 44.2 Å². The van der Waals surface area contributed by atoms with Gasteiger partial charge in [0, 0.05) is 0 Å². The lowest BCUT2D eigenvalue weighted by Gasteiger charge is -2.26. The van der Waals surface area contributed by atoms with E-state index < -0.39 is 5.60 Å². The van der Waals surface area contributed by atoms with Gasteiger partial charge < -0.3 is 5.11 Å². The molecule has 0 saturated carbocycles. The Balaban J connectivity index is 2.17. The van der Waals surface area contributed by atoms with Crippen molar-refractivity contribution in [2.45, 2.75) is 32.3 Å². The number of hydrogen-bond acceptors (Lipinski definition) is 1. The number of hydrogen-bond donors (Lipinski definition) is 1. The van der Waals surface area contributed by atoms with Crippen LogP contribution >= 0.6 is 0 Å². The minimum absolute atomic E-state index is 0.788. The van der Waals surface area contributed by atoms with Crippen LogP contribution in [0.25, 0.3) is 0 Å². The second-order valence-corrected chi connectivity index (χ2v) is 5.34. The number of aryl methyl sites for hydroxylation is 3. The minimum atomic E-state index is -0.797. The molecular formula is C17H18O. The van der Waals surface area contributed by atoms with Gasteiger partial charge in [0.05, 0.1) is 0 Å². The van der Waals surface area contributed by atoms with Gasteiger partial charge in [0.25, 0.3) is 0 Å². The quantitative estimate of drug-likeness (QED) is 0.806. The zero-order valence-corrected chi connectivity index (χ0v) is 10.9. The molecule has 1 aliphatic carbocycles. The summed E-state index contributed by atoms with van der Waals surface area (Å²) >= 11 is 0. The molecule has 0 amide bonds. The van der Waals surface area contributed by atoms with Gasteiger partial charge in [-0.15, -0.1) is 0 Å². The van der Waals surface area contributed by atoms with Crippen molar-refractivity contribution in [3.8, 4) is 0 Å². The molecule has 1 N–H and O–H groups in total. The van der Waals surface area contributed by atoms with E-state index in [-0.39, 0.29) is 0 Å². The van der Waals surface area contributed by atoms with E-state index in [1.807, 2.05) is 12.1 Å². The van der Waals surface area contributed by atoms with E-state index in [9.17, 15) is 5.11 Å². The molecule has 2 aromatic carbocycles. The number of aliphatic hydroxyl groups is 1. The molecule has 0 aromatic heterocycles. The molecule has 0 saturated heterocycles. The van der Waals surface area contributed by atoms with E-state index in [1.54, 1.807) is 0 Å². The van der Waals surface area contributed by atoms with Gasteiger partial charge in [-0.1, -0.05) is 48.0 Å². The summed E-state index contributed by atoms with van der Waals surface area (Å²) in [6, 6.07) is 14.5. The van der Waals surface area contributed by atoms with Crippen LogP contribution in [-0.2, 0) is 12.0 Å². The first-order valence-electron chi connectivity index (χ1n) is 6.50. The maximum Gasteiger partial charge on any atom is 0.115 e. The maximum atomic E-state index is 11.1. The second kappa shape index (κ2) is 3.96. The van der Waals surface area contributed by atoms with E-state index in [4.69, 9.17) is 0 Å². The van der Waals surface area contributed by atoms with Crippen LogP contribution in [0, 0.1) is 13.8 Å². The third kappa shape index (κ3) is 1.58. The molecule has 0 fully saturated rings. The van der Waals surface area contributed by atoms with Crippen LogP contribution in [0.5, 0.6) is 0 Å². The van der Waals surface area contributed by atoms with Crippen molar-refractivity contribution in [2.24, 2.45) is 0 Å². The maximum absolute atomic E-state index is 11.1. The number of fused-ring (bicyclic) bond motifs is 1. The lowest BCUT2D eigenvalue weighted by Crippen LogP contribution is -2.25. The van der Waals surface area contributed by atoms with Crippen LogP contribution < -0.4 is 0 Å². The molecule has 1 aliphatic rings. The Morgan fingerprint density at radius 2 is 1.78 bits per heavy atom. The van der Waals surface area contributed by atoms with E-state index in [0.29, 0.717) is 0 Å². The van der Waals surface area contributed by atoms with Crippen LogP contribution in [-0.4, -0.2) is 5.11 Å². The Morgan fingerprint density at radius 3 is 2.56 bits per heavy atom. The van der Waals surface area contributed by atoms with Crippen molar-refractivity contribution < 1.29 is 5.11 Å². The SMILES string of the molecule is Cc1ccc(C2(O)CCc3ccccc32)c(C)c1. The van der Waals surface area contributed by atoms with Gasteiger partial charge in [-0.3, -0.25) is 0 Å². The second-order valence-electron chi connectivity index (χ2n) is 5.34. The normalized spacial score (nSPS) is 21.9. The molecule has 0 heterocycles. The topological polar surface area (TPSA) is 20.2 Å². The standard InChI is InChI=1S/C17H18O/c1-12-7-8-15(13(2)11-12)17(18)10-9-14-5-3-4-6-16(14)17/h3-8,11,18H,9-10H2,1-2H3. The zero-order chi connectivity index (χ0) is 12.8. The van der Waals surface area contributed by atoms with Crippen molar-refractivity contribution >= 4 is 0 Å². The van der Waals surface area contributed by atoms with Gasteiger partial charge >= 0.3 is 0 Å². The average molecular weight is 238 g/mol. The first kappa shape index (κ1) is 11.5. The number of benzene rings is 2. The first-order chi connectivity index (χ1) is 8.61. The van der Waals surface area contributed by atoms with Gasteiger partial charge in [-0.05, 0) is 48.9 Å². The third-order valence-electron chi connectivity index (χ3n) is 4.05. The van der Waals surface area contributed by atoms with Crippen LogP contribution in [0.2, 0.25) is 0 Å². The van der Waals surface area contributed by atoms with Gasteiger partial charge in [0.15, 0.2) is 0 Å². The van der Waals surface area contributed by atoms with E-state index >= 15 is 0 Å². The van der Waals surface area contributed by atoms with Crippen molar-refractivity contribution in [2.75, 3.05) is 0 Å². The van der Waals surface area contributed by atoms with E-state index in [0.717, 1.165) is 24.0 Å². The Kier molecular flexibility index (Phi) is 2.53. The highest BCUT2D eigenvalue weighted by atomic mass is 16.3. The third-order valence-corrected chi connectivity index (χ3v) is 4.05. The minimum Gasteiger partial charge on any atom is -0.380 e. The Hall–Kier alpha value is -1.60.